The van der Waals surface area contributed by atoms with Gasteiger partial charge in [-0.2, -0.15) is 0 Å². The van der Waals surface area contributed by atoms with Gasteiger partial charge in [0.1, 0.15) is 6.54 Å². The van der Waals surface area contributed by atoms with Gasteiger partial charge < -0.3 is 15.2 Å². The first kappa shape index (κ1) is 17.1. The van der Waals surface area contributed by atoms with Crippen LogP contribution in [0.5, 0.6) is 0 Å². The van der Waals surface area contributed by atoms with Gasteiger partial charge in [-0.15, -0.1) is 0 Å². The summed E-state index contributed by atoms with van der Waals surface area (Å²) in [6.45, 7) is 9.64. The molecule has 124 valence electrons. The van der Waals surface area contributed by atoms with Crippen molar-refractivity contribution in [1.29, 1.82) is 0 Å². The first-order valence-corrected chi connectivity index (χ1v) is 8.15. The van der Waals surface area contributed by atoms with Crippen LogP contribution in [0, 0.1) is 0 Å². The Morgan fingerprint density at radius 3 is 2.57 bits per heavy atom. The van der Waals surface area contributed by atoms with Crippen molar-refractivity contribution in [3.05, 3.63) is 53.4 Å². The van der Waals surface area contributed by atoms with E-state index >= 15 is 0 Å². The van der Waals surface area contributed by atoms with Gasteiger partial charge in [0, 0.05) is 12.6 Å². The summed E-state index contributed by atoms with van der Waals surface area (Å²) in [5.74, 6) is 1.91. The number of hydrogen-bond donors (Lipinski definition) is 2. The third kappa shape index (κ3) is 5.13. The molecule has 23 heavy (non-hydrogen) atoms. The Kier molecular flexibility index (Phi) is 6.20. The molecule has 2 rings (SSSR count). The van der Waals surface area contributed by atoms with Crippen molar-refractivity contribution in [2.24, 2.45) is 4.99 Å². The van der Waals surface area contributed by atoms with Crippen LogP contribution in [0.3, 0.4) is 0 Å². The summed E-state index contributed by atoms with van der Waals surface area (Å²) < 4.78 is 5.33. The highest BCUT2D eigenvalue weighted by Gasteiger charge is 2.09. The van der Waals surface area contributed by atoms with Gasteiger partial charge in [-0.05, 0) is 25.3 Å². The van der Waals surface area contributed by atoms with E-state index in [1.54, 1.807) is 0 Å². The Bertz CT molecular complexity index is 619. The Hall–Kier alpha value is -2.30. The van der Waals surface area contributed by atoms with Crippen molar-refractivity contribution in [1.82, 2.24) is 15.8 Å². The molecule has 0 fully saturated rings. The van der Waals surface area contributed by atoms with Gasteiger partial charge in [0.05, 0.1) is 11.7 Å². The highest BCUT2D eigenvalue weighted by molar-refractivity contribution is 5.80. The minimum Gasteiger partial charge on any atom is -0.359 e. The van der Waals surface area contributed by atoms with Crippen molar-refractivity contribution in [2.45, 2.75) is 46.2 Å². The predicted octanol–water partition coefficient (Wildman–Crippen LogP) is 3.61. The van der Waals surface area contributed by atoms with Crippen molar-refractivity contribution in [3.8, 4) is 0 Å². The molecule has 0 radical (unpaired) electrons. The van der Waals surface area contributed by atoms with E-state index in [4.69, 9.17) is 4.52 Å². The number of rotatable bonds is 6. The average Bonchev–Trinajstić information content (AvgIpc) is 3.03. The maximum Gasteiger partial charge on any atom is 0.192 e. The normalized spacial score (nSPS) is 13.2. The molecule has 2 aromatic rings. The monoisotopic (exact) mass is 314 g/mol. The molecule has 1 aromatic carbocycles. The average molecular weight is 314 g/mol. The lowest BCUT2D eigenvalue weighted by Crippen LogP contribution is -2.38. The van der Waals surface area contributed by atoms with E-state index in [2.05, 4.69) is 60.6 Å². The highest BCUT2D eigenvalue weighted by Crippen LogP contribution is 2.15. The second-order valence-electron chi connectivity index (χ2n) is 5.84. The maximum atomic E-state index is 5.33. The van der Waals surface area contributed by atoms with E-state index in [0.29, 0.717) is 12.5 Å². The Morgan fingerprint density at radius 1 is 1.22 bits per heavy atom. The van der Waals surface area contributed by atoms with Gasteiger partial charge in [0.15, 0.2) is 11.7 Å². The molecule has 0 aliphatic rings. The Labute approximate surface area is 138 Å². The van der Waals surface area contributed by atoms with Crippen molar-refractivity contribution < 1.29 is 4.52 Å². The van der Waals surface area contributed by atoms with Crippen LogP contribution < -0.4 is 10.6 Å². The number of hydrogen-bond acceptors (Lipinski definition) is 3. The van der Waals surface area contributed by atoms with Gasteiger partial charge in [-0.3, -0.25) is 0 Å². The van der Waals surface area contributed by atoms with E-state index in [1.165, 1.54) is 5.56 Å². The van der Waals surface area contributed by atoms with Gasteiger partial charge in [-0.1, -0.05) is 49.3 Å². The van der Waals surface area contributed by atoms with Crippen LogP contribution >= 0.6 is 0 Å². The quantitative estimate of drug-likeness (QED) is 0.631. The lowest BCUT2D eigenvalue weighted by atomic mass is 10.1. The second-order valence-corrected chi connectivity index (χ2v) is 5.84. The molecule has 0 aliphatic heterocycles. The van der Waals surface area contributed by atoms with Crippen molar-refractivity contribution in [2.75, 3.05) is 6.54 Å². The third-order valence-electron chi connectivity index (χ3n) is 3.56. The molecule has 0 amide bonds. The molecule has 1 aromatic heterocycles. The Morgan fingerprint density at radius 2 is 1.96 bits per heavy atom. The fourth-order valence-corrected chi connectivity index (χ4v) is 2.18. The number of guanidine groups is 1. The zero-order chi connectivity index (χ0) is 16.7. The molecular formula is C18H26N4O. The summed E-state index contributed by atoms with van der Waals surface area (Å²) in [5, 5.41) is 10.7. The second kappa shape index (κ2) is 8.36. The van der Waals surface area contributed by atoms with Gasteiger partial charge >= 0.3 is 0 Å². The van der Waals surface area contributed by atoms with Crippen molar-refractivity contribution >= 4 is 5.96 Å². The van der Waals surface area contributed by atoms with Crippen LogP contribution in [-0.4, -0.2) is 17.7 Å². The molecule has 1 heterocycles. The predicted molar refractivity (Wildman–Crippen MR) is 93.4 cm³/mol. The summed E-state index contributed by atoms with van der Waals surface area (Å²) >= 11 is 0. The molecule has 0 saturated carbocycles. The molecule has 0 aliphatic carbocycles. The molecule has 5 nitrogen and oxygen atoms in total. The van der Waals surface area contributed by atoms with Crippen molar-refractivity contribution in [3.63, 3.8) is 0 Å². The molecule has 0 spiro atoms. The fraction of sp³-hybridized carbons (Fsp3) is 0.444. The van der Waals surface area contributed by atoms with E-state index in [0.717, 1.165) is 24.0 Å². The third-order valence-corrected chi connectivity index (χ3v) is 3.56. The lowest BCUT2D eigenvalue weighted by Gasteiger charge is -2.18. The number of aromatic nitrogens is 1. The summed E-state index contributed by atoms with van der Waals surface area (Å²) in [6, 6.07) is 12.5. The number of aliphatic imine (C=N–C) groups is 1. The van der Waals surface area contributed by atoms with Crippen LogP contribution in [0.2, 0.25) is 0 Å². The molecule has 5 heteroatoms. The van der Waals surface area contributed by atoms with Crippen LogP contribution in [0.4, 0.5) is 0 Å². The smallest absolute Gasteiger partial charge is 0.192 e. The highest BCUT2D eigenvalue weighted by atomic mass is 16.5. The number of nitrogens with one attached hydrogen (secondary N) is 2. The van der Waals surface area contributed by atoms with E-state index in [9.17, 15) is 0 Å². The summed E-state index contributed by atoms with van der Waals surface area (Å²) in [7, 11) is 0. The molecule has 1 unspecified atom stereocenters. The standard InChI is InChI=1S/C18H26N4O/c1-5-19-18(21-14(4)15-9-7-6-8-10-15)20-12-16-11-17(13(2)3)22-23-16/h6-11,13-14H,5,12H2,1-4H3,(H2,19,20,21). The lowest BCUT2D eigenvalue weighted by molar-refractivity contribution is 0.376. The first-order valence-electron chi connectivity index (χ1n) is 8.15. The molecule has 1 atom stereocenters. The zero-order valence-electron chi connectivity index (χ0n) is 14.3. The summed E-state index contributed by atoms with van der Waals surface area (Å²) in [5.41, 5.74) is 2.19. The van der Waals surface area contributed by atoms with Crippen LogP contribution in [0.1, 0.15) is 56.7 Å². The van der Waals surface area contributed by atoms with Gasteiger partial charge in [-0.25, -0.2) is 4.99 Å². The summed E-state index contributed by atoms with van der Waals surface area (Å²) in [4.78, 5) is 4.58. The van der Waals surface area contributed by atoms with Crippen LogP contribution in [-0.2, 0) is 6.54 Å². The molecule has 0 saturated heterocycles. The Balaban J connectivity index is 2.01. The van der Waals surface area contributed by atoms with E-state index in [-0.39, 0.29) is 6.04 Å². The number of benzene rings is 1. The van der Waals surface area contributed by atoms with E-state index in [1.807, 2.05) is 24.3 Å². The van der Waals surface area contributed by atoms with E-state index < -0.39 is 0 Å². The largest absolute Gasteiger partial charge is 0.359 e. The molecule has 2 N–H and O–H groups in total. The minimum absolute atomic E-state index is 0.176. The van der Waals surface area contributed by atoms with Crippen LogP contribution in [0.15, 0.2) is 45.9 Å². The fourth-order valence-electron chi connectivity index (χ4n) is 2.18. The van der Waals surface area contributed by atoms with Gasteiger partial charge in [0.25, 0.3) is 0 Å². The topological polar surface area (TPSA) is 62.5 Å². The summed E-state index contributed by atoms with van der Waals surface area (Å²) in [6.07, 6.45) is 0. The SMILES string of the molecule is CCNC(=NCc1cc(C(C)C)no1)NC(C)c1ccccc1. The minimum atomic E-state index is 0.176. The maximum absolute atomic E-state index is 5.33. The molecular weight excluding hydrogens is 288 g/mol. The van der Waals surface area contributed by atoms with Gasteiger partial charge in [0.2, 0.25) is 0 Å². The molecule has 0 bridgehead atoms. The first-order chi connectivity index (χ1) is 11.1. The zero-order valence-corrected chi connectivity index (χ0v) is 14.3. The van der Waals surface area contributed by atoms with Crippen LogP contribution in [0.25, 0.3) is 0 Å². The number of nitrogens with zero attached hydrogens (tertiary/aromatic N) is 2.